The van der Waals surface area contributed by atoms with Gasteiger partial charge in [-0.2, -0.15) is 4.98 Å². The van der Waals surface area contributed by atoms with Crippen LogP contribution in [0.5, 0.6) is 0 Å². The topological polar surface area (TPSA) is 82.0 Å². The van der Waals surface area contributed by atoms with Gasteiger partial charge in [-0.3, -0.25) is 0 Å². The van der Waals surface area contributed by atoms with Crippen molar-refractivity contribution in [3.8, 4) is 0 Å². The maximum absolute atomic E-state index is 10.5. The van der Waals surface area contributed by atoms with E-state index in [1.807, 2.05) is 0 Å². The maximum Gasteiger partial charge on any atom is 0.227 e. The number of piperidine rings is 2. The number of aliphatic hydroxyl groups excluding tert-OH is 2. The second kappa shape index (κ2) is 7.89. The molecule has 0 aliphatic carbocycles. The average Bonchev–Trinajstić information content (AvgIpc) is 2.73. The molecule has 3 aliphatic heterocycles. The lowest BCUT2D eigenvalue weighted by Crippen LogP contribution is -2.60. The molecule has 0 radical (unpaired) electrons. The molecule has 1 spiro atoms. The molecule has 4 rings (SSSR count). The van der Waals surface area contributed by atoms with Crippen molar-refractivity contribution in [2.45, 2.75) is 69.7 Å². The first-order valence-corrected chi connectivity index (χ1v) is 10.5. The van der Waals surface area contributed by atoms with Crippen molar-refractivity contribution in [3.63, 3.8) is 0 Å². The number of aryl methyl sites for hydroxylation is 1. The highest BCUT2D eigenvalue weighted by molar-refractivity contribution is 5.47. The number of rotatable bonds is 3. The summed E-state index contributed by atoms with van der Waals surface area (Å²) >= 11 is 0. The van der Waals surface area contributed by atoms with Crippen LogP contribution >= 0.6 is 0 Å². The highest BCUT2D eigenvalue weighted by Crippen LogP contribution is 2.36. The van der Waals surface area contributed by atoms with Crippen molar-refractivity contribution < 1.29 is 14.9 Å². The van der Waals surface area contributed by atoms with Crippen LogP contribution < -0.4 is 9.80 Å². The van der Waals surface area contributed by atoms with E-state index >= 15 is 0 Å². The van der Waals surface area contributed by atoms with Crippen molar-refractivity contribution in [2.75, 3.05) is 42.6 Å². The Morgan fingerprint density at radius 3 is 2.52 bits per heavy atom. The largest absolute Gasteiger partial charge is 0.390 e. The Morgan fingerprint density at radius 2 is 1.81 bits per heavy atom. The van der Waals surface area contributed by atoms with Crippen LogP contribution in [0, 0.1) is 0 Å². The monoisotopic (exact) mass is 376 g/mol. The number of ether oxygens (including phenoxy) is 1. The van der Waals surface area contributed by atoms with E-state index in [1.165, 1.54) is 19.3 Å². The van der Waals surface area contributed by atoms with Crippen LogP contribution in [0.4, 0.5) is 11.8 Å². The molecule has 3 fully saturated rings. The zero-order chi connectivity index (χ0) is 18.9. The molecule has 0 bridgehead atoms. The predicted molar refractivity (Wildman–Crippen MR) is 104 cm³/mol. The fourth-order valence-electron chi connectivity index (χ4n) is 4.58. The average molecular weight is 377 g/mol. The van der Waals surface area contributed by atoms with E-state index in [0.717, 1.165) is 50.1 Å². The molecule has 0 saturated carbocycles. The van der Waals surface area contributed by atoms with E-state index in [4.69, 9.17) is 14.7 Å². The Balaban J connectivity index is 1.50. The molecule has 3 aliphatic rings. The van der Waals surface area contributed by atoms with Crippen LogP contribution in [0.1, 0.15) is 51.1 Å². The number of nitrogens with zero attached hydrogens (tertiary/aromatic N) is 4. The van der Waals surface area contributed by atoms with Gasteiger partial charge in [-0.15, -0.1) is 0 Å². The lowest BCUT2D eigenvalue weighted by atomic mass is 9.80. The third-order valence-electron chi connectivity index (χ3n) is 6.40. The predicted octanol–water partition coefficient (Wildman–Crippen LogP) is 1.51. The molecule has 0 aromatic carbocycles. The molecule has 0 amide bonds. The number of aromatic nitrogens is 2. The normalized spacial score (nSPS) is 28.6. The molecule has 3 saturated heterocycles. The molecular formula is C20H32N4O3. The van der Waals surface area contributed by atoms with Gasteiger partial charge >= 0.3 is 0 Å². The fraction of sp³-hybridized carbons (Fsp3) is 0.800. The Labute approximate surface area is 161 Å². The van der Waals surface area contributed by atoms with E-state index < -0.39 is 17.8 Å². The van der Waals surface area contributed by atoms with Crippen molar-refractivity contribution in [1.29, 1.82) is 0 Å². The summed E-state index contributed by atoms with van der Waals surface area (Å²) in [6.45, 7) is 6.25. The van der Waals surface area contributed by atoms with Crippen LogP contribution in [0.3, 0.4) is 0 Å². The lowest BCUT2D eigenvalue weighted by molar-refractivity contribution is -0.205. The fourth-order valence-corrected chi connectivity index (χ4v) is 4.58. The van der Waals surface area contributed by atoms with Gasteiger partial charge in [-0.25, -0.2) is 4.98 Å². The Hall–Kier alpha value is -1.44. The Bertz CT molecular complexity index is 642. The Kier molecular flexibility index (Phi) is 5.53. The van der Waals surface area contributed by atoms with E-state index in [9.17, 15) is 10.2 Å². The smallest absolute Gasteiger partial charge is 0.227 e. The zero-order valence-corrected chi connectivity index (χ0v) is 16.3. The highest BCUT2D eigenvalue weighted by Gasteiger charge is 2.47. The van der Waals surface area contributed by atoms with E-state index in [-0.39, 0.29) is 0 Å². The summed E-state index contributed by atoms with van der Waals surface area (Å²) in [5.41, 5.74) is 0.468. The summed E-state index contributed by atoms with van der Waals surface area (Å²) in [4.78, 5) is 14.2. The van der Waals surface area contributed by atoms with Gasteiger partial charge in [-0.05, 0) is 44.9 Å². The first kappa shape index (κ1) is 18.9. The van der Waals surface area contributed by atoms with Crippen molar-refractivity contribution >= 4 is 11.8 Å². The molecule has 27 heavy (non-hydrogen) atoms. The van der Waals surface area contributed by atoms with E-state index in [2.05, 4.69) is 22.8 Å². The quantitative estimate of drug-likeness (QED) is 0.827. The van der Waals surface area contributed by atoms with Gasteiger partial charge in [0.05, 0.1) is 18.3 Å². The summed E-state index contributed by atoms with van der Waals surface area (Å²) in [6.07, 6.45) is 5.04. The SMILES string of the molecule is CCc1cc(N2CCC3(CC2)OCC[C@H](O)[C@@H]3O)nc(N2CCCCC2)n1. The molecule has 150 valence electrons. The van der Waals surface area contributed by atoms with Crippen LogP contribution in [-0.4, -0.2) is 70.8 Å². The summed E-state index contributed by atoms with van der Waals surface area (Å²) in [5.74, 6) is 1.83. The standard InChI is InChI=1S/C20H32N4O3/c1-2-15-14-17(22-19(21-15)24-9-4-3-5-10-24)23-11-7-20(8-12-23)18(26)16(25)6-13-27-20/h14,16,18,25-26H,2-13H2,1H3/t16-,18-/m0/s1. The maximum atomic E-state index is 10.5. The molecule has 0 unspecified atom stereocenters. The molecule has 2 N–H and O–H groups in total. The second-order valence-electron chi connectivity index (χ2n) is 8.12. The number of anilines is 2. The minimum Gasteiger partial charge on any atom is -0.390 e. The van der Waals surface area contributed by atoms with Crippen LogP contribution in [0.25, 0.3) is 0 Å². The summed E-state index contributed by atoms with van der Waals surface area (Å²) in [5, 5.41) is 20.5. The molecule has 7 nitrogen and oxygen atoms in total. The third-order valence-corrected chi connectivity index (χ3v) is 6.40. The minimum absolute atomic E-state index is 0.512. The molecule has 1 aromatic rings. The first-order chi connectivity index (χ1) is 13.1. The van der Waals surface area contributed by atoms with Crippen molar-refractivity contribution in [1.82, 2.24) is 9.97 Å². The van der Waals surface area contributed by atoms with Crippen molar-refractivity contribution in [3.05, 3.63) is 11.8 Å². The lowest BCUT2D eigenvalue weighted by Gasteiger charge is -2.48. The van der Waals surface area contributed by atoms with Crippen molar-refractivity contribution in [2.24, 2.45) is 0 Å². The number of hydrogen-bond donors (Lipinski definition) is 2. The van der Waals surface area contributed by atoms with Gasteiger partial charge in [-0.1, -0.05) is 6.92 Å². The zero-order valence-electron chi connectivity index (χ0n) is 16.3. The molecule has 1 aromatic heterocycles. The number of aliphatic hydroxyl groups is 2. The minimum atomic E-state index is -0.797. The highest BCUT2D eigenvalue weighted by atomic mass is 16.5. The Morgan fingerprint density at radius 1 is 1.07 bits per heavy atom. The van der Waals surface area contributed by atoms with Gasteiger partial charge in [0.2, 0.25) is 5.95 Å². The van der Waals surface area contributed by atoms with Crippen LogP contribution in [0.15, 0.2) is 6.07 Å². The van der Waals surface area contributed by atoms with Crippen LogP contribution in [0.2, 0.25) is 0 Å². The molecule has 2 atom stereocenters. The molecule has 7 heteroatoms. The summed E-state index contributed by atoms with van der Waals surface area (Å²) in [6, 6.07) is 2.10. The van der Waals surface area contributed by atoms with Crippen LogP contribution in [-0.2, 0) is 11.2 Å². The van der Waals surface area contributed by atoms with Gasteiger partial charge < -0.3 is 24.7 Å². The number of hydrogen-bond acceptors (Lipinski definition) is 7. The molecular weight excluding hydrogens is 344 g/mol. The second-order valence-corrected chi connectivity index (χ2v) is 8.12. The first-order valence-electron chi connectivity index (χ1n) is 10.5. The molecule has 4 heterocycles. The summed E-state index contributed by atoms with van der Waals surface area (Å²) < 4.78 is 5.96. The third kappa shape index (κ3) is 3.77. The van der Waals surface area contributed by atoms with Gasteiger partial charge in [0.15, 0.2) is 0 Å². The van der Waals surface area contributed by atoms with E-state index in [0.29, 0.717) is 25.9 Å². The van der Waals surface area contributed by atoms with Gasteiger partial charge in [0, 0.05) is 37.9 Å². The summed E-state index contributed by atoms with van der Waals surface area (Å²) in [7, 11) is 0. The van der Waals surface area contributed by atoms with Gasteiger partial charge in [0.25, 0.3) is 0 Å². The van der Waals surface area contributed by atoms with Gasteiger partial charge in [0.1, 0.15) is 11.9 Å². The van der Waals surface area contributed by atoms with E-state index in [1.54, 1.807) is 0 Å².